The highest BCUT2D eigenvalue weighted by atomic mass is 35.5. The number of ether oxygens (including phenoxy) is 1. The summed E-state index contributed by atoms with van der Waals surface area (Å²) in [6.45, 7) is 4.55. The summed E-state index contributed by atoms with van der Waals surface area (Å²) >= 11 is 5.95. The lowest BCUT2D eigenvalue weighted by Gasteiger charge is -2.09. The van der Waals surface area contributed by atoms with E-state index in [1.807, 2.05) is 19.9 Å². The molecule has 0 atom stereocenters. The van der Waals surface area contributed by atoms with Gasteiger partial charge < -0.3 is 15.4 Å². The molecule has 2 amide bonds. The zero-order valence-electron chi connectivity index (χ0n) is 14.3. The van der Waals surface area contributed by atoms with Crippen LogP contribution in [-0.2, 0) is 11.3 Å². The maximum Gasteiger partial charge on any atom is 0.258 e. The number of nitrogens with one attached hydrogen (secondary N) is 2. The lowest BCUT2D eigenvalue weighted by atomic mass is 10.1. The molecule has 0 fully saturated rings. The topological polar surface area (TPSA) is 67.4 Å². The van der Waals surface area contributed by atoms with E-state index in [1.165, 1.54) is 0 Å². The molecule has 2 aromatic rings. The minimum Gasteiger partial charge on any atom is -0.484 e. The van der Waals surface area contributed by atoms with Gasteiger partial charge in [-0.25, -0.2) is 0 Å². The fraction of sp³-hybridized carbons (Fsp3) is 0.263. The first-order valence-corrected chi connectivity index (χ1v) is 8.40. The molecule has 0 heterocycles. The maximum absolute atomic E-state index is 11.9. The normalized spacial score (nSPS) is 10.2. The second kappa shape index (κ2) is 9.08. The number of hydrogen-bond donors (Lipinski definition) is 2. The quantitative estimate of drug-likeness (QED) is 0.797. The van der Waals surface area contributed by atoms with E-state index in [9.17, 15) is 9.59 Å². The molecule has 0 aliphatic carbocycles. The first kappa shape index (κ1) is 18.8. The van der Waals surface area contributed by atoms with E-state index in [-0.39, 0.29) is 18.4 Å². The third-order valence-corrected chi connectivity index (χ3v) is 3.94. The molecule has 0 saturated carbocycles. The van der Waals surface area contributed by atoms with E-state index in [4.69, 9.17) is 16.3 Å². The van der Waals surface area contributed by atoms with Crippen LogP contribution in [0.15, 0.2) is 42.5 Å². The van der Waals surface area contributed by atoms with Crippen molar-refractivity contribution in [2.24, 2.45) is 0 Å². The van der Waals surface area contributed by atoms with Gasteiger partial charge >= 0.3 is 0 Å². The molecule has 132 valence electrons. The van der Waals surface area contributed by atoms with E-state index in [0.29, 0.717) is 29.4 Å². The van der Waals surface area contributed by atoms with Crippen molar-refractivity contribution in [1.82, 2.24) is 10.6 Å². The van der Waals surface area contributed by atoms with Crippen molar-refractivity contribution < 1.29 is 14.3 Å². The highest BCUT2D eigenvalue weighted by Crippen LogP contribution is 2.20. The Labute approximate surface area is 152 Å². The number of rotatable bonds is 7. The van der Waals surface area contributed by atoms with Crippen LogP contribution in [0.25, 0.3) is 0 Å². The lowest BCUT2D eigenvalue weighted by Crippen LogP contribution is -2.28. The van der Waals surface area contributed by atoms with Gasteiger partial charge in [-0.2, -0.15) is 0 Å². The summed E-state index contributed by atoms with van der Waals surface area (Å²) in [6.07, 6.45) is 0. The number of carbonyl (C=O) groups excluding carboxylic acids is 2. The smallest absolute Gasteiger partial charge is 0.258 e. The fourth-order valence-electron chi connectivity index (χ4n) is 2.19. The van der Waals surface area contributed by atoms with Gasteiger partial charge in [-0.05, 0) is 55.3 Å². The summed E-state index contributed by atoms with van der Waals surface area (Å²) in [4.78, 5) is 23.7. The van der Waals surface area contributed by atoms with Gasteiger partial charge in [0.2, 0.25) is 0 Å². The highest BCUT2D eigenvalue weighted by Gasteiger charge is 2.07. The van der Waals surface area contributed by atoms with Crippen molar-refractivity contribution in [3.8, 4) is 5.75 Å². The molecular weight excluding hydrogens is 340 g/mol. The van der Waals surface area contributed by atoms with Crippen LogP contribution in [-0.4, -0.2) is 25.0 Å². The van der Waals surface area contributed by atoms with Crippen LogP contribution < -0.4 is 15.4 Å². The second-order valence-corrected chi connectivity index (χ2v) is 5.94. The summed E-state index contributed by atoms with van der Waals surface area (Å²) in [6, 6.07) is 12.4. The van der Waals surface area contributed by atoms with Crippen molar-refractivity contribution in [1.29, 1.82) is 0 Å². The summed E-state index contributed by atoms with van der Waals surface area (Å²) in [5.41, 5.74) is 2.31. The van der Waals surface area contributed by atoms with Crippen LogP contribution in [0.5, 0.6) is 5.75 Å². The van der Waals surface area contributed by atoms with Gasteiger partial charge in [0.05, 0.1) is 0 Å². The molecule has 0 aliphatic heterocycles. The summed E-state index contributed by atoms with van der Waals surface area (Å²) in [5, 5.41) is 6.17. The van der Waals surface area contributed by atoms with Crippen molar-refractivity contribution in [3.63, 3.8) is 0 Å². The minimum atomic E-state index is -0.240. The van der Waals surface area contributed by atoms with Crippen LogP contribution in [0.1, 0.15) is 28.4 Å². The lowest BCUT2D eigenvalue weighted by molar-refractivity contribution is -0.123. The summed E-state index contributed by atoms with van der Waals surface area (Å²) in [7, 11) is 0. The highest BCUT2D eigenvalue weighted by molar-refractivity contribution is 6.31. The average molecular weight is 361 g/mol. The van der Waals surface area contributed by atoms with Crippen LogP contribution in [0.4, 0.5) is 0 Å². The zero-order chi connectivity index (χ0) is 18.2. The Kier molecular flexibility index (Phi) is 6.83. The minimum absolute atomic E-state index is 0.0862. The van der Waals surface area contributed by atoms with Gasteiger partial charge in [-0.15, -0.1) is 0 Å². The van der Waals surface area contributed by atoms with Crippen molar-refractivity contribution in [3.05, 3.63) is 64.2 Å². The Balaban J connectivity index is 1.84. The monoisotopic (exact) mass is 360 g/mol. The molecule has 2 aromatic carbocycles. The maximum atomic E-state index is 11.9. The van der Waals surface area contributed by atoms with Crippen LogP contribution >= 0.6 is 11.6 Å². The molecular formula is C19H21ClN2O3. The summed E-state index contributed by atoms with van der Waals surface area (Å²) < 4.78 is 5.45. The zero-order valence-corrected chi connectivity index (χ0v) is 15.0. The number of aryl methyl sites for hydroxylation is 1. The largest absolute Gasteiger partial charge is 0.484 e. The van der Waals surface area contributed by atoms with E-state index >= 15 is 0 Å². The SMILES string of the molecule is CCNC(=O)c1cccc(CNC(=O)COc2ccc(Cl)c(C)c2)c1. The first-order chi connectivity index (χ1) is 12.0. The number of amides is 2. The molecule has 0 radical (unpaired) electrons. The van der Waals surface area contributed by atoms with E-state index in [1.54, 1.807) is 36.4 Å². The van der Waals surface area contributed by atoms with E-state index < -0.39 is 0 Å². The van der Waals surface area contributed by atoms with Gasteiger partial charge in [0.15, 0.2) is 6.61 Å². The molecule has 0 unspecified atom stereocenters. The molecule has 2 N–H and O–H groups in total. The molecule has 0 aromatic heterocycles. The molecule has 6 heteroatoms. The van der Waals surface area contributed by atoms with Crippen LogP contribution in [0.2, 0.25) is 5.02 Å². The van der Waals surface area contributed by atoms with Crippen molar-refractivity contribution in [2.75, 3.05) is 13.2 Å². The van der Waals surface area contributed by atoms with Crippen LogP contribution in [0, 0.1) is 6.92 Å². The molecule has 0 spiro atoms. The van der Waals surface area contributed by atoms with Crippen LogP contribution in [0.3, 0.4) is 0 Å². The first-order valence-electron chi connectivity index (χ1n) is 8.02. The van der Waals surface area contributed by atoms with Gasteiger partial charge in [0.25, 0.3) is 11.8 Å². The predicted molar refractivity (Wildman–Crippen MR) is 98.0 cm³/mol. The molecule has 25 heavy (non-hydrogen) atoms. The van der Waals surface area contributed by atoms with Gasteiger partial charge in [0, 0.05) is 23.7 Å². The third-order valence-electron chi connectivity index (χ3n) is 3.52. The Bertz CT molecular complexity index is 762. The van der Waals surface area contributed by atoms with Gasteiger partial charge in [-0.3, -0.25) is 9.59 Å². The Morgan fingerprint density at radius 3 is 2.64 bits per heavy atom. The average Bonchev–Trinajstić information content (AvgIpc) is 2.61. The molecule has 2 rings (SSSR count). The van der Waals surface area contributed by atoms with Crippen molar-refractivity contribution in [2.45, 2.75) is 20.4 Å². The standard InChI is InChI=1S/C19H21ClN2O3/c1-3-21-19(24)15-6-4-5-14(10-15)11-22-18(23)12-25-16-7-8-17(20)13(2)9-16/h4-10H,3,11-12H2,1-2H3,(H,21,24)(H,22,23). The number of hydrogen-bond acceptors (Lipinski definition) is 3. The van der Waals surface area contributed by atoms with Crippen molar-refractivity contribution >= 4 is 23.4 Å². The molecule has 0 aliphatic rings. The fourth-order valence-corrected chi connectivity index (χ4v) is 2.31. The Morgan fingerprint density at radius 2 is 1.92 bits per heavy atom. The van der Waals surface area contributed by atoms with E-state index in [2.05, 4.69) is 10.6 Å². The predicted octanol–water partition coefficient (Wildman–Crippen LogP) is 3.09. The molecule has 0 saturated heterocycles. The van der Waals surface area contributed by atoms with Gasteiger partial charge in [0.1, 0.15) is 5.75 Å². The Morgan fingerprint density at radius 1 is 1.12 bits per heavy atom. The molecule has 0 bridgehead atoms. The Hall–Kier alpha value is -2.53. The second-order valence-electron chi connectivity index (χ2n) is 5.54. The van der Waals surface area contributed by atoms with Gasteiger partial charge in [-0.1, -0.05) is 23.7 Å². The summed E-state index contributed by atoms with van der Waals surface area (Å²) in [5.74, 6) is 0.225. The number of benzene rings is 2. The van der Waals surface area contributed by atoms with E-state index in [0.717, 1.165) is 11.1 Å². The number of halogens is 1. The third kappa shape index (κ3) is 5.80. The molecule has 5 nitrogen and oxygen atoms in total. The number of carbonyl (C=O) groups is 2.